The maximum absolute atomic E-state index is 13.2. The molecule has 154 valence electrons. The van der Waals surface area contributed by atoms with Crippen molar-refractivity contribution in [2.24, 2.45) is 5.41 Å². The summed E-state index contributed by atoms with van der Waals surface area (Å²) in [6.07, 6.45) is 6.61. The average Bonchev–Trinajstić information content (AvgIpc) is 3.31. The monoisotopic (exact) mass is 388 g/mol. The standard InChI is InChI=1S/C22H33FN4O/c1-2-4-19-13-20(25-24-19)21(28)27-12-10-22(16-27)9-3-11-26(15-22)14-17-5-7-18(23)8-6-17/h5-8,19-20,24-25H,2-4,9-16H2,1H3. The van der Waals surface area contributed by atoms with E-state index in [1.807, 2.05) is 12.1 Å². The molecule has 0 bridgehead atoms. The van der Waals surface area contributed by atoms with Crippen LogP contribution in [0.3, 0.4) is 0 Å². The van der Waals surface area contributed by atoms with Crippen molar-refractivity contribution in [2.75, 3.05) is 26.2 Å². The second-order valence-corrected chi connectivity index (χ2v) is 9.01. The second kappa shape index (κ2) is 8.47. The van der Waals surface area contributed by atoms with Crippen LogP contribution in [0.15, 0.2) is 24.3 Å². The lowest BCUT2D eigenvalue weighted by atomic mass is 9.79. The molecule has 1 amide bonds. The normalized spacial score (nSPS) is 31.0. The number of amides is 1. The molecule has 3 unspecified atom stereocenters. The summed E-state index contributed by atoms with van der Waals surface area (Å²) in [5.41, 5.74) is 7.90. The van der Waals surface area contributed by atoms with Gasteiger partial charge in [0.2, 0.25) is 5.91 Å². The molecule has 3 saturated heterocycles. The van der Waals surface area contributed by atoms with Crippen LogP contribution in [0, 0.1) is 11.2 Å². The van der Waals surface area contributed by atoms with Crippen molar-refractivity contribution in [1.82, 2.24) is 20.7 Å². The van der Waals surface area contributed by atoms with E-state index in [9.17, 15) is 9.18 Å². The Morgan fingerprint density at radius 2 is 2.00 bits per heavy atom. The first-order chi connectivity index (χ1) is 13.6. The molecule has 3 atom stereocenters. The van der Waals surface area contributed by atoms with Gasteiger partial charge in [-0.1, -0.05) is 25.5 Å². The SMILES string of the molecule is CCCC1CC(C(=O)N2CCC3(CCCN(Cc4ccc(F)cc4)C3)C2)NN1. The number of halogens is 1. The predicted octanol–water partition coefficient (Wildman–Crippen LogP) is 2.68. The highest BCUT2D eigenvalue weighted by Gasteiger charge is 2.44. The zero-order valence-electron chi connectivity index (χ0n) is 16.9. The minimum absolute atomic E-state index is 0.0781. The van der Waals surface area contributed by atoms with Crippen molar-refractivity contribution in [3.8, 4) is 0 Å². The van der Waals surface area contributed by atoms with Crippen LogP contribution in [-0.2, 0) is 11.3 Å². The van der Waals surface area contributed by atoms with Gasteiger partial charge in [0, 0.05) is 37.6 Å². The zero-order valence-corrected chi connectivity index (χ0v) is 16.9. The smallest absolute Gasteiger partial charge is 0.241 e. The first-order valence-corrected chi connectivity index (χ1v) is 10.8. The van der Waals surface area contributed by atoms with Gasteiger partial charge >= 0.3 is 0 Å². The molecule has 0 radical (unpaired) electrons. The summed E-state index contributed by atoms with van der Waals surface area (Å²) in [4.78, 5) is 17.6. The third-order valence-electron chi connectivity index (χ3n) is 6.73. The fourth-order valence-corrected chi connectivity index (χ4v) is 5.29. The highest BCUT2D eigenvalue weighted by molar-refractivity contribution is 5.82. The van der Waals surface area contributed by atoms with E-state index >= 15 is 0 Å². The van der Waals surface area contributed by atoms with Crippen LogP contribution < -0.4 is 10.9 Å². The molecule has 0 saturated carbocycles. The number of hydrogen-bond donors (Lipinski definition) is 2. The molecule has 3 aliphatic rings. The van der Waals surface area contributed by atoms with E-state index in [-0.39, 0.29) is 23.2 Å². The van der Waals surface area contributed by atoms with E-state index in [0.29, 0.717) is 6.04 Å². The van der Waals surface area contributed by atoms with E-state index in [4.69, 9.17) is 0 Å². The molecule has 3 fully saturated rings. The number of benzene rings is 1. The number of hydrazine groups is 1. The molecule has 28 heavy (non-hydrogen) atoms. The molecule has 1 aromatic carbocycles. The highest BCUT2D eigenvalue weighted by Crippen LogP contribution is 2.39. The number of hydrogen-bond acceptors (Lipinski definition) is 4. The van der Waals surface area contributed by atoms with Gasteiger partial charge in [-0.15, -0.1) is 0 Å². The summed E-state index contributed by atoms with van der Waals surface area (Å²) >= 11 is 0. The van der Waals surface area contributed by atoms with Crippen molar-refractivity contribution in [3.63, 3.8) is 0 Å². The Kier molecular flexibility index (Phi) is 5.99. The number of likely N-dealkylation sites (tertiary alicyclic amines) is 2. The van der Waals surface area contributed by atoms with Gasteiger partial charge in [0.25, 0.3) is 0 Å². The molecular formula is C22H33FN4O. The van der Waals surface area contributed by atoms with Crippen molar-refractivity contribution in [3.05, 3.63) is 35.6 Å². The summed E-state index contributed by atoms with van der Waals surface area (Å²) in [5.74, 6) is 0.0821. The second-order valence-electron chi connectivity index (χ2n) is 9.01. The Morgan fingerprint density at radius 3 is 2.79 bits per heavy atom. The van der Waals surface area contributed by atoms with Gasteiger partial charge in [-0.25, -0.2) is 9.82 Å². The third kappa shape index (κ3) is 4.39. The largest absolute Gasteiger partial charge is 0.341 e. The maximum Gasteiger partial charge on any atom is 0.241 e. The molecule has 1 spiro atoms. The molecule has 5 nitrogen and oxygen atoms in total. The lowest BCUT2D eigenvalue weighted by Crippen LogP contribution is -2.48. The molecule has 4 rings (SSSR count). The molecule has 3 aliphatic heterocycles. The van der Waals surface area contributed by atoms with E-state index < -0.39 is 0 Å². The van der Waals surface area contributed by atoms with Crippen molar-refractivity contribution >= 4 is 5.91 Å². The number of piperidine rings is 1. The van der Waals surface area contributed by atoms with E-state index in [1.54, 1.807) is 12.1 Å². The highest BCUT2D eigenvalue weighted by atomic mass is 19.1. The molecule has 0 aromatic heterocycles. The summed E-state index contributed by atoms with van der Waals surface area (Å²) in [6.45, 7) is 6.91. The van der Waals surface area contributed by atoms with E-state index in [0.717, 1.165) is 64.0 Å². The van der Waals surface area contributed by atoms with Gasteiger partial charge in [-0.2, -0.15) is 0 Å². The number of nitrogens with one attached hydrogen (secondary N) is 2. The van der Waals surface area contributed by atoms with Gasteiger partial charge in [-0.05, 0) is 56.3 Å². The Morgan fingerprint density at radius 1 is 1.18 bits per heavy atom. The topological polar surface area (TPSA) is 47.6 Å². The predicted molar refractivity (Wildman–Crippen MR) is 108 cm³/mol. The Balaban J connectivity index is 1.33. The lowest BCUT2D eigenvalue weighted by Gasteiger charge is -2.40. The lowest BCUT2D eigenvalue weighted by molar-refractivity contribution is -0.132. The van der Waals surface area contributed by atoms with Gasteiger partial charge in [0.05, 0.1) is 0 Å². The number of rotatable bonds is 5. The average molecular weight is 389 g/mol. The number of carbonyl (C=O) groups excluding carboxylic acids is 1. The van der Waals surface area contributed by atoms with Crippen LogP contribution in [0.5, 0.6) is 0 Å². The van der Waals surface area contributed by atoms with Gasteiger partial charge in [0.1, 0.15) is 11.9 Å². The van der Waals surface area contributed by atoms with Crippen molar-refractivity contribution < 1.29 is 9.18 Å². The third-order valence-corrected chi connectivity index (χ3v) is 6.73. The summed E-state index contributed by atoms with van der Waals surface area (Å²) in [6, 6.07) is 7.18. The van der Waals surface area contributed by atoms with Crippen LogP contribution in [0.4, 0.5) is 4.39 Å². The first-order valence-electron chi connectivity index (χ1n) is 10.8. The van der Waals surface area contributed by atoms with Crippen LogP contribution in [-0.4, -0.2) is 54.0 Å². The van der Waals surface area contributed by atoms with Gasteiger partial charge in [0.15, 0.2) is 0 Å². The Bertz CT molecular complexity index is 682. The van der Waals surface area contributed by atoms with Crippen LogP contribution in [0.2, 0.25) is 0 Å². The number of nitrogens with zero attached hydrogens (tertiary/aromatic N) is 2. The molecule has 3 heterocycles. The zero-order chi connectivity index (χ0) is 19.6. The quantitative estimate of drug-likeness (QED) is 0.814. The van der Waals surface area contributed by atoms with Crippen LogP contribution >= 0.6 is 0 Å². The van der Waals surface area contributed by atoms with E-state index in [1.165, 1.54) is 12.8 Å². The summed E-state index contributed by atoms with van der Waals surface area (Å²) in [7, 11) is 0. The fourth-order valence-electron chi connectivity index (χ4n) is 5.29. The van der Waals surface area contributed by atoms with E-state index in [2.05, 4.69) is 27.6 Å². The minimum Gasteiger partial charge on any atom is -0.341 e. The van der Waals surface area contributed by atoms with Gasteiger partial charge in [-0.3, -0.25) is 15.1 Å². The van der Waals surface area contributed by atoms with Crippen molar-refractivity contribution in [2.45, 2.75) is 64.1 Å². The minimum atomic E-state index is -0.181. The molecule has 2 N–H and O–H groups in total. The Labute approximate surface area is 167 Å². The van der Waals surface area contributed by atoms with Crippen LogP contribution in [0.1, 0.15) is 51.0 Å². The molecule has 6 heteroatoms. The first kappa shape index (κ1) is 19.8. The fraction of sp³-hybridized carbons (Fsp3) is 0.682. The van der Waals surface area contributed by atoms with Gasteiger partial charge < -0.3 is 4.90 Å². The molecule has 1 aromatic rings. The summed E-state index contributed by atoms with van der Waals surface area (Å²) in [5, 5.41) is 0. The molecular weight excluding hydrogens is 355 g/mol. The number of carbonyl (C=O) groups is 1. The molecule has 0 aliphatic carbocycles. The summed E-state index contributed by atoms with van der Waals surface area (Å²) < 4.78 is 13.2. The Hall–Kier alpha value is -1.50. The van der Waals surface area contributed by atoms with Crippen molar-refractivity contribution in [1.29, 1.82) is 0 Å². The maximum atomic E-state index is 13.2. The van der Waals surface area contributed by atoms with Crippen LogP contribution in [0.25, 0.3) is 0 Å².